The third-order valence-corrected chi connectivity index (χ3v) is 15.9. The van der Waals surface area contributed by atoms with Crippen LogP contribution in [0.1, 0.15) is 105 Å². The number of aliphatic hydroxyl groups excluding tert-OH is 3. The average Bonchev–Trinajstić information content (AvgIpc) is 1.67. The molecule has 41 heteroatoms. The lowest BCUT2D eigenvalue weighted by Gasteiger charge is -2.27. The SMILES string of the molecule is CC(=O)O.CC(C)C[C@H](NC(=O)CNC(=O)[C@H](CCCN=C(N)N)NC(=O)CNC(=O)[C@H](CCCCN)NC(=O)CN)C(=O)N[C@@H](CO)C(=O)N[C@@H](CC(C)C)C(=O)N[C@@H](CO)C(=O)N[C@@H](C)C(=O)N[C@@H](Cc1ccccc1)C(=O)N[C@@H](CO)C(=O)N[C@@H](Cc1c[nH]c2ccccc12)C(=O)NCC(=O)N[C@@H](C)C(=O)O. The highest BCUT2D eigenvalue weighted by Crippen LogP contribution is 2.20. The number of aliphatic carboxylic acids is 2. The van der Waals surface area contributed by atoms with Gasteiger partial charge in [0.15, 0.2) is 5.96 Å². The van der Waals surface area contributed by atoms with E-state index in [1.54, 1.807) is 88.5 Å². The molecule has 41 nitrogen and oxygen atoms in total. The van der Waals surface area contributed by atoms with Gasteiger partial charge in [0.25, 0.3) is 5.97 Å². The van der Waals surface area contributed by atoms with Crippen LogP contribution in [0.4, 0.5) is 0 Å². The van der Waals surface area contributed by atoms with Crippen LogP contribution in [0.2, 0.25) is 0 Å². The Morgan fingerprint density at radius 1 is 0.427 bits per heavy atom. The molecule has 1 heterocycles. The Balaban J connectivity index is 0.0000100. The van der Waals surface area contributed by atoms with Crippen molar-refractivity contribution in [1.29, 1.82) is 0 Å². The quantitative estimate of drug-likeness (QED) is 0.0142. The van der Waals surface area contributed by atoms with E-state index in [0.717, 1.165) is 6.92 Å². The third-order valence-electron chi connectivity index (χ3n) is 15.9. The van der Waals surface area contributed by atoms with Crippen molar-refractivity contribution in [1.82, 2.24) is 79.4 Å². The lowest BCUT2D eigenvalue weighted by molar-refractivity contribution is -0.141. The first-order valence-electron chi connectivity index (χ1n) is 35.4. The van der Waals surface area contributed by atoms with Crippen molar-refractivity contribution in [2.45, 2.75) is 173 Å². The number of carboxylic acid groups (broad SMARTS) is 2. The maximum atomic E-state index is 14.2. The fourth-order valence-corrected chi connectivity index (χ4v) is 10.3. The molecule has 0 fully saturated rings. The van der Waals surface area contributed by atoms with Crippen LogP contribution in [0.3, 0.4) is 0 Å². The third kappa shape index (κ3) is 36.4. The Morgan fingerprint density at radius 2 is 0.818 bits per heavy atom. The number of aliphatic hydroxyl groups is 3. The van der Waals surface area contributed by atoms with Gasteiger partial charge >= 0.3 is 5.97 Å². The molecule has 3 rings (SSSR count). The van der Waals surface area contributed by atoms with E-state index < -0.39 is 207 Å². The Morgan fingerprint density at radius 3 is 1.29 bits per heavy atom. The van der Waals surface area contributed by atoms with E-state index in [1.807, 2.05) is 0 Å². The van der Waals surface area contributed by atoms with E-state index in [0.29, 0.717) is 41.4 Å². The highest BCUT2D eigenvalue weighted by molar-refractivity contribution is 6.00. The zero-order valence-corrected chi connectivity index (χ0v) is 62.5. The maximum Gasteiger partial charge on any atom is 0.325 e. The molecule has 0 aliphatic carbocycles. The molecular weight excluding hydrogens is 1440 g/mol. The number of fused-ring (bicyclic) bond motifs is 1. The number of nitrogens with zero attached hydrogens (tertiary/aromatic N) is 1. The average molecular weight is 1550 g/mol. The molecular formula is C69H108N20O21. The van der Waals surface area contributed by atoms with Gasteiger partial charge in [0, 0.05) is 43.4 Å². The number of H-pyrrole nitrogens is 1. The molecule has 110 heavy (non-hydrogen) atoms. The lowest BCUT2D eigenvalue weighted by atomic mass is 10.0. The summed E-state index contributed by atoms with van der Waals surface area (Å²) in [4.78, 5) is 216. The summed E-state index contributed by atoms with van der Waals surface area (Å²) in [5.41, 5.74) is 23.5. The number of carbonyl (C=O) groups is 16. The number of rotatable bonds is 48. The first-order chi connectivity index (χ1) is 52.0. The number of nitrogens with one attached hydrogen (secondary N) is 15. The van der Waals surface area contributed by atoms with E-state index in [4.69, 9.17) is 32.8 Å². The number of para-hydroxylation sites is 1. The minimum atomic E-state index is -1.80. The predicted octanol–water partition coefficient (Wildman–Crippen LogP) is -7.94. The first-order valence-corrected chi connectivity index (χ1v) is 35.4. The second-order valence-electron chi connectivity index (χ2n) is 26.3. The number of aliphatic imine (C=N–C) groups is 1. The van der Waals surface area contributed by atoms with Gasteiger partial charge in [-0.3, -0.25) is 81.7 Å². The summed E-state index contributed by atoms with van der Waals surface area (Å²) in [7, 11) is 0. The maximum absolute atomic E-state index is 14.2. The highest BCUT2D eigenvalue weighted by Gasteiger charge is 2.36. The van der Waals surface area contributed by atoms with Crippen molar-refractivity contribution in [2.75, 3.05) is 59.1 Å². The standard InChI is InChI=1S/C67H104N20O19.C2H4O2/c1-35(2)23-45(81-55(94)31-75-58(97)44(20-14-22-72-67(70)71)80-54(93)30-74-57(96)43(19-12-13-21-68)79-52(91)27-69)60(99)86-50(33-89)64(103)83-46(24-36(3)4)61(100)85-49(32-88)63(102)78-37(5)56(95)82-47(25-39-15-8-7-9-16-39)62(101)87-51(34-90)65(104)84-48(26-40-28-73-42-18-11-10-17-41(40)42)59(98)76-29-53(92)77-38(6)66(105)106;1-2(3)4/h7-11,15-18,28,35-38,43-51,73,88-90H,12-14,19-27,29-34,68-69H2,1-6H3,(H,74,96)(H,75,97)(H,76,98)(H,77,92)(H,78,102)(H,79,91)(H,80,93)(H,81,94)(H,82,95)(H,83,103)(H,84,104)(H,85,100)(H,86,99)(H,87,101)(H,105,106)(H4,70,71,72);1H3,(H,3,4)/t37-,38-,43-,44-,45-,46-,47-,48-,49-,50-,51-;/m0./s1. The predicted molar refractivity (Wildman–Crippen MR) is 397 cm³/mol. The molecule has 11 atom stereocenters. The molecule has 0 radical (unpaired) electrons. The zero-order chi connectivity index (χ0) is 82.7. The van der Waals surface area contributed by atoms with Crippen LogP contribution in [0.5, 0.6) is 0 Å². The van der Waals surface area contributed by atoms with Crippen molar-refractivity contribution >= 4 is 112 Å². The number of hydrogen-bond donors (Lipinski definition) is 24. The van der Waals surface area contributed by atoms with Gasteiger partial charge in [0.1, 0.15) is 66.5 Å². The number of unbranched alkanes of at least 4 members (excludes halogenated alkanes) is 1. The first kappa shape index (κ1) is 94.6. The summed E-state index contributed by atoms with van der Waals surface area (Å²) in [5.74, 6) is -16.1. The van der Waals surface area contributed by atoms with Gasteiger partial charge in [-0.2, -0.15) is 0 Å². The fourth-order valence-electron chi connectivity index (χ4n) is 10.3. The number of hydrogen-bond acceptors (Lipinski definition) is 22. The van der Waals surface area contributed by atoms with Crippen molar-refractivity contribution < 1.29 is 102 Å². The van der Waals surface area contributed by atoms with Gasteiger partial charge in [-0.1, -0.05) is 76.2 Å². The van der Waals surface area contributed by atoms with Crippen molar-refractivity contribution in [3.63, 3.8) is 0 Å². The van der Waals surface area contributed by atoms with E-state index in [9.17, 15) is 92.3 Å². The minimum Gasteiger partial charge on any atom is -0.481 e. The topological polar surface area (TPSA) is 675 Å². The van der Waals surface area contributed by atoms with Gasteiger partial charge in [-0.05, 0) is 94.4 Å². The van der Waals surface area contributed by atoms with Gasteiger partial charge in [0.05, 0.1) is 46.0 Å². The molecule has 0 aliphatic heterocycles. The molecule has 3 aromatic rings. The van der Waals surface area contributed by atoms with E-state index in [-0.39, 0.29) is 69.3 Å². The van der Waals surface area contributed by atoms with E-state index >= 15 is 0 Å². The van der Waals surface area contributed by atoms with Gasteiger partial charge in [-0.15, -0.1) is 0 Å². The van der Waals surface area contributed by atoms with Gasteiger partial charge in [0.2, 0.25) is 82.7 Å². The Kier molecular flexibility index (Phi) is 43.2. The minimum absolute atomic E-state index is 0.0373. The molecule has 2 aromatic carbocycles. The van der Waals surface area contributed by atoms with E-state index in [1.165, 1.54) is 13.8 Å². The number of benzene rings is 2. The second-order valence-corrected chi connectivity index (χ2v) is 26.3. The van der Waals surface area contributed by atoms with E-state index in [2.05, 4.69) is 84.4 Å². The van der Waals surface area contributed by atoms with Gasteiger partial charge < -0.3 is 128 Å². The molecule has 0 unspecified atom stereocenters. The summed E-state index contributed by atoms with van der Waals surface area (Å²) >= 11 is 0. The number of aromatic nitrogens is 1. The van der Waals surface area contributed by atoms with Crippen LogP contribution in [0, 0.1) is 11.8 Å². The monoisotopic (exact) mass is 1550 g/mol. The molecule has 0 bridgehead atoms. The summed E-state index contributed by atoms with van der Waals surface area (Å²) in [6.07, 6.45) is 2.30. The lowest BCUT2D eigenvalue weighted by Crippen LogP contribution is -2.61. The molecule has 0 aliphatic rings. The second kappa shape index (κ2) is 50.2. The highest BCUT2D eigenvalue weighted by atomic mass is 16.4. The zero-order valence-electron chi connectivity index (χ0n) is 62.5. The molecule has 0 spiro atoms. The van der Waals surface area contributed by atoms with Crippen molar-refractivity contribution in [3.8, 4) is 0 Å². The molecule has 14 amide bonds. The normalized spacial score (nSPS) is 13.9. The van der Waals surface area contributed by atoms with Crippen LogP contribution < -0.4 is 97.4 Å². The Labute approximate surface area is 634 Å². The van der Waals surface area contributed by atoms with Gasteiger partial charge in [-0.25, -0.2) is 0 Å². The summed E-state index contributed by atoms with van der Waals surface area (Å²) in [5, 5.41) is 82.3. The van der Waals surface area contributed by atoms with Crippen molar-refractivity contribution in [3.05, 3.63) is 71.9 Å². The summed E-state index contributed by atoms with van der Waals surface area (Å²) in [6.45, 7) is 5.01. The molecule has 0 saturated carbocycles. The van der Waals surface area contributed by atoms with Crippen LogP contribution in [0.15, 0.2) is 65.8 Å². The largest absolute Gasteiger partial charge is 0.481 e. The number of carbonyl (C=O) groups excluding carboxylic acids is 14. The number of guanidine groups is 1. The number of nitrogens with two attached hydrogens (primary N) is 4. The molecule has 28 N–H and O–H groups in total. The number of aromatic amines is 1. The smallest absolute Gasteiger partial charge is 0.325 e. The molecule has 1 aromatic heterocycles. The molecule has 610 valence electrons. The number of amides is 14. The Hall–Kier alpha value is -11.4. The summed E-state index contributed by atoms with van der Waals surface area (Å²) < 4.78 is 0. The fraction of sp³-hybridized carbons (Fsp3) is 0.551. The summed E-state index contributed by atoms with van der Waals surface area (Å²) in [6, 6.07) is -1.21. The number of carboxylic acids is 2. The van der Waals surface area contributed by atoms with Crippen LogP contribution in [-0.4, -0.2) is 257 Å². The Bertz CT molecular complexity index is 3610. The van der Waals surface area contributed by atoms with Crippen LogP contribution >= 0.6 is 0 Å². The molecule has 0 saturated heterocycles. The van der Waals surface area contributed by atoms with Crippen LogP contribution in [0.25, 0.3) is 10.9 Å². The van der Waals surface area contributed by atoms with Crippen LogP contribution in [-0.2, 0) is 89.6 Å². The van der Waals surface area contributed by atoms with Crippen molar-refractivity contribution in [2.24, 2.45) is 39.8 Å².